The lowest BCUT2D eigenvalue weighted by Gasteiger charge is -2.25. The van der Waals surface area contributed by atoms with Crippen LogP contribution in [0.5, 0.6) is 0 Å². The molecule has 1 aliphatic rings. The molecule has 1 aromatic carbocycles. The molecule has 0 saturated heterocycles. The Bertz CT molecular complexity index is 573. The fraction of sp³-hybridized carbons (Fsp3) is 0.500. The SMILES string of the molecule is OC1CCC(CNCc2c[nH]c3cc(Cl)ccc23)CC1. The van der Waals surface area contributed by atoms with Crippen molar-refractivity contribution in [3.05, 3.63) is 35.0 Å². The Kier molecular flexibility index (Phi) is 4.29. The maximum Gasteiger partial charge on any atom is 0.0540 e. The van der Waals surface area contributed by atoms with E-state index in [0.717, 1.165) is 49.3 Å². The van der Waals surface area contributed by atoms with E-state index in [2.05, 4.69) is 22.6 Å². The summed E-state index contributed by atoms with van der Waals surface area (Å²) >= 11 is 5.99. The van der Waals surface area contributed by atoms with Crippen LogP contribution in [-0.2, 0) is 6.54 Å². The normalized spacial score (nSPS) is 23.3. The van der Waals surface area contributed by atoms with E-state index in [9.17, 15) is 5.11 Å². The van der Waals surface area contributed by atoms with Crippen LogP contribution in [0.3, 0.4) is 0 Å². The predicted octanol–water partition coefficient (Wildman–Crippen LogP) is 3.46. The van der Waals surface area contributed by atoms with Crippen LogP contribution in [0, 0.1) is 5.92 Å². The largest absolute Gasteiger partial charge is 0.393 e. The number of nitrogens with one attached hydrogen (secondary N) is 2. The smallest absolute Gasteiger partial charge is 0.0540 e. The second-order valence-corrected chi connectivity index (χ2v) is 6.25. The van der Waals surface area contributed by atoms with Gasteiger partial charge >= 0.3 is 0 Å². The van der Waals surface area contributed by atoms with Crippen molar-refractivity contribution in [2.24, 2.45) is 5.92 Å². The Labute approximate surface area is 124 Å². The molecule has 4 heteroatoms. The first-order valence-electron chi connectivity index (χ1n) is 7.36. The number of aromatic nitrogens is 1. The van der Waals surface area contributed by atoms with Crippen LogP contribution >= 0.6 is 11.6 Å². The molecule has 0 spiro atoms. The number of benzene rings is 1. The van der Waals surface area contributed by atoms with E-state index in [1.807, 2.05) is 12.1 Å². The summed E-state index contributed by atoms with van der Waals surface area (Å²) in [6.07, 6.45) is 6.17. The van der Waals surface area contributed by atoms with Gasteiger partial charge in [-0.3, -0.25) is 0 Å². The third-order valence-electron chi connectivity index (χ3n) is 4.29. The number of hydrogen-bond donors (Lipinski definition) is 3. The van der Waals surface area contributed by atoms with Crippen LogP contribution in [0.4, 0.5) is 0 Å². The first-order chi connectivity index (χ1) is 9.72. The summed E-state index contributed by atoms with van der Waals surface area (Å²) in [5, 5.41) is 15.1. The Morgan fingerprint density at radius 1 is 1.25 bits per heavy atom. The molecule has 108 valence electrons. The topological polar surface area (TPSA) is 48.0 Å². The highest BCUT2D eigenvalue weighted by atomic mass is 35.5. The molecule has 1 heterocycles. The molecule has 1 saturated carbocycles. The van der Waals surface area contributed by atoms with Gasteiger partial charge in [-0.25, -0.2) is 0 Å². The molecule has 0 radical (unpaired) electrons. The minimum atomic E-state index is -0.0652. The number of halogens is 1. The lowest BCUT2D eigenvalue weighted by Crippen LogP contribution is -2.27. The Hall–Kier alpha value is -1.03. The summed E-state index contributed by atoms with van der Waals surface area (Å²) in [5.74, 6) is 0.707. The first-order valence-corrected chi connectivity index (χ1v) is 7.74. The lowest BCUT2D eigenvalue weighted by atomic mass is 9.87. The van der Waals surface area contributed by atoms with Crippen LogP contribution < -0.4 is 5.32 Å². The zero-order chi connectivity index (χ0) is 13.9. The van der Waals surface area contributed by atoms with E-state index < -0.39 is 0 Å². The van der Waals surface area contributed by atoms with E-state index in [0.29, 0.717) is 5.92 Å². The van der Waals surface area contributed by atoms with E-state index in [1.54, 1.807) is 0 Å². The van der Waals surface area contributed by atoms with Crippen LogP contribution in [0.15, 0.2) is 24.4 Å². The molecular formula is C16H21ClN2O. The fourth-order valence-corrected chi connectivity index (χ4v) is 3.24. The quantitative estimate of drug-likeness (QED) is 0.808. The monoisotopic (exact) mass is 292 g/mol. The summed E-state index contributed by atoms with van der Waals surface area (Å²) < 4.78 is 0. The minimum Gasteiger partial charge on any atom is -0.393 e. The zero-order valence-electron chi connectivity index (χ0n) is 11.5. The number of aliphatic hydroxyl groups is 1. The Morgan fingerprint density at radius 2 is 2.05 bits per heavy atom. The number of aromatic amines is 1. The summed E-state index contributed by atoms with van der Waals surface area (Å²) in [7, 11) is 0. The molecule has 1 aromatic heterocycles. The van der Waals surface area contributed by atoms with Gasteiger partial charge in [0.25, 0.3) is 0 Å². The number of rotatable bonds is 4. The van der Waals surface area contributed by atoms with E-state index in [4.69, 9.17) is 11.6 Å². The number of aliphatic hydroxyl groups excluding tert-OH is 1. The number of hydrogen-bond acceptors (Lipinski definition) is 2. The van der Waals surface area contributed by atoms with Gasteiger partial charge in [0.05, 0.1) is 6.10 Å². The molecule has 3 rings (SSSR count). The fourth-order valence-electron chi connectivity index (χ4n) is 3.06. The molecule has 0 amide bonds. The van der Waals surface area contributed by atoms with Crippen molar-refractivity contribution in [1.29, 1.82) is 0 Å². The molecular weight excluding hydrogens is 272 g/mol. The van der Waals surface area contributed by atoms with Crippen LogP contribution in [0.25, 0.3) is 10.9 Å². The first kappa shape index (κ1) is 13.9. The minimum absolute atomic E-state index is 0.0652. The predicted molar refractivity (Wildman–Crippen MR) is 83.0 cm³/mol. The average Bonchev–Trinajstić information content (AvgIpc) is 2.83. The molecule has 0 aliphatic heterocycles. The van der Waals surface area contributed by atoms with Crippen LogP contribution in [-0.4, -0.2) is 22.7 Å². The molecule has 0 atom stereocenters. The van der Waals surface area contributed by atoms with Gasteiger partial charge in [-0.05, 0) is 55.8 Å². The van der Waals surface area contributed by atoms with Crippen molar-refractivity contribution >= 4 is 22.5 Å². The van der Waals surface area contributed by atoms with Gasteiger partial charge in [0, 0.05) is 28.7 Å². The van der Waals surface area contributed by atoms with Crippen molar-refractivity contribution in [3.8, 4) is 0 Å². The van der Waals surface area contributed by atoms with Crippen molar-refractivity contribution in [2.45, 2.75) is 38.3 Å². The molecule has 3 nitrogen and oxygen atoms in total. The molecule has 0 unspecified atom stereocenters. The molecule has 3 N–H and O–H groups in total. The molecule has 1 aliphatic carbocycles. The summed E-state index contributed by atoms with van der Waals surface area (Å²) in [5.41, 5.74) is 2.38. The maximum atomic E-state index is 9.51. The summed E-state index contributed by atoms with van der Waals surface area (Å²) in [6.45, 7) is 1.91. The Morgan fingerprint density at radius 3 is 2.85 bits per heavy atom. The highest BCUT2D eigenvalue weighted by Crippen LogP contribution is 2.24. The molecule has 0 bridgehead atoms. The standard InChI is InChI=1S/C16H21ClN2O/c17-13-3-6-15-12(10-19-16(15)7-13)9-18-8-11-1-4-14(20)5-2-11/h3,6-7,10-11,14,18-20H,1-2,4-5,8-9H2. The van der Waals surface area contributed by atoms with E-state index in [-0.39, 0.29) is 6.10 Å². The summed E-state index contributed by atoms with van der Waals surface area (Å²) in [6, 6.07) is 5.97. The van der Waals surface area contributed by atoms with Gasteiger partial charge < -0.3 is 15.4 Å². The highest BCUT2D eigenvalue weighted by Gasteiger charge is 2.18. The van der Waals surface area contributed by atoms with E-state index >= 15 is 0 Å². The third-order valence-corrected chi connectivity index (χ3v) is 4.53. The van der Waals surface area contributed by atoms with Gasteiger partial charge in [0.15, 0.2) is 0 Å². The van der Waals surface area contributed by atoms with Crippen molar-refractivity contribution in [2.75, 3.05) is 6.54 Å². The van der Waals surface area contributed by atoms with Gasteiger partial charge in [0.2, 0.25) is 0 Å². The summed E-state index contributed by atoms with van der Waals surface area (Å²) in [4.78, 5) is 3.27. The van der Waals surface area contributed by atoms with Gasteiger partial charge in [-0.2, -0.15) is 0 Å². The van der Waals surface area contributed by atoms with Crippen molar-refractivity contribution < 1.29 is 5.11 Å². The second kappa shape index (κ2) is 6.17. The molecule has 2 aromatic rings. The van der Waals surface area contributed by atoms with Gasteiger partial charge in [0.1, 0.15) is 0 Å². The highest BCUT2D eigenvalue weighted by molar-refractivity contribution is 6.31. The van der Waals surface area contributed by atoms with Crippen LogP contribution in [0.2, 0.25) is 5.02 Å². The zero-order valence-corrected chi connectivity index (χ0v) is 12.3. The average molecular weight is 293 g/mol. The van der Waals surface area contributed by atoms with E-state index in [1.165, 1.54) is 10.9 Å². The van der Waals surface area contributed by atoms with Crippen molar-refractivity contribution in [1.82, 2.24) is 10.3 Å². The van der Waals surface area contributed by atoms with Crippen LogP contribution in [0.1, 0.15) is 31.2 Å². The molecule has 20 heavy (non-hydrogen) atoms. The van der Waals surface area contributed by atoms with Crippen molar-refractivity contribution in [3.63, 3.8) is 0 Å². The Balaban J connectivity index is 1.55. The molecule has 1 fully saturated rings. The van der Waals surface area contributed by atoms with Gasteiger partial charge in [-0.15, -0.1) is 0 Å². The maximum absolute atomic E-state index is 9.51. The second-order valence-electron chi connectivity index (χ2n) is 5.81. The van der Waals surface area contributed by atoms with Gasteiger partial charge in [-0.1, -0.05) is 17.7 Å². The lowest BCUT2D eigenvalue weighted by molar-refractivity contribution is 0.108. The number of fused-ring (bicyclic) bond motifs is 1. The number of H-pyrrole nitrogens is 1. The third kappa shape index (κ3) is 3.17.